The van der Waals surface area contributed by atoms with Crippen molar-refractivity contribution in [3.63, 3.8) is 0 Å². The number of rotatable bonds is 4. The van der Waals surface area contributed by atoms with Gasteiger partial charge in [-0.25, -0.2) is 0 Å². The van der Waals surface area contributed by atoms with Gasteiger partial charge in [-0.2, -0.15) is 0 Å². The predicted molar refractivity (Wildman–Crippen MR) is 160 cm³/mol. The fraction of sp³-hybridized carbons (Fsp3) is 0.314. The fourth-order valence-corrected chi connectivity index (χ4v) is 6.25. The number of hydrogen-bond donors (Lipinski definition) is 0. The maximum Gasteiger partial charge on any atom is 0.0725 e. The third kappa shape index (κ3) is 4.23. The van der Waals surface area contributed by atoms with Gasteiger partial charge in [0.2, 0.25) is 0 Å². The Labute approximate surface area is 224 Å². The average Bonchev–Trinajstić information content (AvgIpc) is 3.38. The second kappa shape index (κ2) is 11.0. The Hall–Kier alpha value is -3.20. The summed E-state index contributed by atoms with van der Waals surface area (Å²) < 4.78 is 0. The van der Waals surface area contributed by atoms with Crippen LogP contribution in [0, 0.1) is 0 Å². The third-order valence-electron chi connectivity index (χ3n) is 7.25. The minimum atomic E-state index is -0.261. The maximum absolute atomic E-state index is 2.47. The molecule has 37 heavy (non-hydrogen) atoms. The van der Waals surface area contributed by atoms with Gasteiger partial charge in [-0.3, -0.25) is 0 Å². The largest absolute Gasteiger partial charge is 0.305 e. The lowest BCUT2D eigenvalue weighted by Crippen LogP contribution is -2.26. The number of hydrogen-bond acceptors (Lipinski definition) is 2. The van der Waals surface area contributed by atoms with Crippen LogP contribution in [0.15, 0.2) is 84.9 Å². The zero-order valence-corrected chi connectivity index (χ0v) is 23.9. The van der Waals surface area contributed by atoms with Crippen molar-refractivity contribution < 1.29 is 0 Å². The molecule has 4 aromatic rings. The van der Waals surface area contributed by atoms with Gasteiger partial charge in [0.1, 0.15) is 0 Å². The molecule has 1 spiro atoms. The van der Waals surface area contributed by atoms with Crippen LogP contribution >= 0.6 is 0 Å². The molecule has 2 nitrogen and oxygen atoms in total. The molecule has 4 aromatic carbocycles. The summed E-state index contributed by atoms with van der Waals surface area (Å²) in [4.78, 5) is 4.52. The molecular formula is C35H42N2. The van der Waals surface area contributed by atoms with E-state index in [1.54, 1.807) is 0 Å². The minimum Gasteiger partial charge on any atom is -0.305 e. The molecular weight excluding hydrogens is 448 g/mol. The van der Waals surface area contributed by atoms with Crippen LogP contribution in [0.2, 0.25) is 0 Å². The molecule has 2 heteroatoms. The minimum absolute atomic E-state index is 0.261. The second-order valence-electron chi connectivity index (χ2n) is 10.0. The van der Waals surface area contributed by atoms with Crippen LogP contribution < -0.4 is 0 Å². The van der Waals surface area contributed by atoms with E-state index in [1.165, 1.54) is 55.6 Å². The van der Waals surface area contributed by atoms with Crippen LogP contribution in [0.25, 0.3) is 22.3 Å². The van der Waals surface area contributed by atoms with E-state index in [4.69, 9.17) is 0 Å². The van der Waals surface area contributed by atoms with Crippen molar-refractivity contribution in [1.82, 2.24) is 9.80 Å². The first-order chi connectivity index (χ1) is 18.0. The lowest BCUT2D eigenvalue weighted by atomic mass is 9.70. The number of fused-ring (bicyclic) bond motifs is 10. The standard InChI is InChI=1S/C31H30N2.2C2H6/c1-32(2)19-21-16-17-24-23-11-5-7-13-26(23)31(29(24)18-21)27-14-8-6-12-25(27)30-22(20-33(3)4)10-9-15-28(30)31;2*1-2/h5-18H,19-20H2,1-4H3;2*1-2H3. The highest BCUT2D eigenvalue weighted by atomic mass is 15.1. The van der Waals surface area contributed by atoms with Gasteiger partial charge in [-0.15, -0.1) is 0 Å². The van der Waals surface area contributed by atoms with E-state index in [0.717, 1.165) is 13.1 Å². The molecule has 0 aliphatic heterocycles. The highest BCUT2D eigenvalue weighted by Gasteiger charge is 2.52. The predicted octanol–water partition coefficient (Wildman–Crippen LogP) is 8.21. The summed E-state index contributed by atoms with van der Waals surface area (Å²) in [6.45, 7) is 9.87. The van der Waals surface area contributed by atoms with E-state index in [9.17, 15) is 0 Å². The number of nitrogens with zero attached hydrogens (tertiary/aromatic N) is 2. The van der Waals surface area contributed by atoms with Crippen molar-refractivity contribution in [2.45, 2.75) is 46.2 Å². The van der Waals surface area contributed by atoms with Crippen LogP contribution in [0.3, 0.4) is 0 Å². The zero-order chi connectivity index (χ0) is 26.7. The molecule has 0 radical (unpaired) electrons. The van der Waals surface area contributed by atoms with E-state index in [0.29, 0.717) is 0 Å². The van der Waals surface area contributed by atoms with Crippen molar-refractivity contribution in [2.24, 2.45) is 0 Å². The zero-order valence-electron chi connectivity index (χ0n) is 23.9. The van der Waals surface area contributed by atoms with Crippen LogP contribution in [0.1, 0.15) is 61.1 Å². The van der Waals surface area contributed by atoms with E-state index in [1.807, 2.05) is 27.7 Å². The first-order valence-corrected chi connectivity index (χ1v) is 13.8. The molecule has 1 atom stereocenters. The molecule has 2 aliphatic carbocycles. The van der Waals surface area contributed by atoms with Gasteiger partial charge in [-0.1, -0.05) is 113 Å². The van der Waals surface area contributed by atoms with Crippen LogP contribution in [0.5, 0.6) is 0 Å². The monoisotopic (exact) mass is 490 g/mol. The first-order valence-electron chi connectivity index (χ1n) is 13.8. The third-order valence-corrected chi connectivity index (χ3v) is 7.25. The topological polar surface area (TPSA) is 6.48 Å². The summed E-state index contributed by atoms with van der Waals surface area (Å²) in [6, 6.07) is 32.2. The van der Waals surface area contributed by atoms with Crippen molar-refractivity contribution in [2.75, 3.05) is 28.2 Å². The normalized spacial score (nSPS) is 15.8. The highest BCUT2D eigenvalue weighted by Crippen LogP contribution is 2.63. The Bertz CT molecular complexity index is 1380. The van der Waals surface area contributed by atoms with E-state index >= 15 is 0 Å². The molecule has 6 rings (SSSR count). The van der Waals surface area contributed by atoms with Crippen molar-refractivity contribution in [1.29, 1.82) is 0 Å². The van der Waals surface area contributed by atoms with E-state index in [2.05, 4.69) is 123 Å². The summed E-state index contributed by atoms with van der Waals surface area (Å²) in [6.07, 6.45) is 0. The molecule has 0 saturated heterocycles. The average molecular weight is 491 g/mol. The van der Waals surface area contributed by atoms with Crippen molar-refractivity contribution in [3.8, 4) is 22.3 Å². The highest BCUT2D eigenvalue weighted by molar-refractivity contribution is 5.95. The van der Waals surface area contributed by atoms with E-state index < -0.39 is 0 Å². The molecule has 2 aliphatic rings. The lowest BCUT2D eigenvalue weighted by Gasteiger charge is -2.31. The Balaban J connectivity index is 0.000000765. The first kappa shape index (κ1) is 26.9. The molecule has 0 N–H and O–H groups in total. The van der Waals surface area contributed by atoms with E-state index in [-0.39, 0.29) is 5.41 Å². The Morgan fingerprint density at radius 3 is 1.70 bits per heavy atom. The molecule has 0 fully saturated rings. The van der Waals surface area contributed by atoms with Gasteiger partial charge in [-0.05, 0) is 83.8 Å². The van der Waals surface area contributed by atoms with Gasteiger partial charge in [0.05, 0.1) is 5.41 Å². The summed E-state index contributed by atoms with van der Waals surface area (Å²) in [7, 11) is 8.60. The van der Waals surface area contributed by atoms with Crippen molar-refractivity contribution in [3.05, 3.63) is 118 Å². The summed E-state index contributed by atoms with van der Waals surface area (Å²) in [5.41, 5.74) is 13.7. The molecule has 0 bridgehead atoms. The molecule has 0 saturated carbocycles. The van der Waals surface area contributed by atoms with Gasteiger partial charge < -0.3 is 9.80 Å². The summed E-state index contributed by atoms with van der Waals surface area (Å²) in [5, 5.41) is 0. The molecule has 1 unspecified atom stereocenters. The second-order valence-corrected chi connectivity index (χ2v) is 10.0. The SMILES string of the molecule is CC.CC.CN(C)Cc1ccc2c(c1)C1(c3ccccc3-2)c2ccccc2-c2c(CN(C)C)cccc21. The Morgan fingerprint density at radius 1 is 0.514 bits per heavy atom. The van der Waals surface area contributed by atoms with Gasteiger partial charge in [0, 0.05) is 13.1 Å². The molecule has 192 valence electrons. The fourth-order valence-electron chi connectivity index (χ4n) is 6.25. The number of benzene rings is 4. The van der Waals surface area contributed by atoms with Gasteiger partial charge in [0.15, 0.2) is 0 Å². The summed E-state index contributed by atoms with van der Waals surface area (Å²) in [5.74, 6) is 0. The van der Waals surface area contributed by atoms with Gasteiger partial charge in [0.25, 0.3) is 0 Å². The Kier molecular flexibility index (Phi) is 8.02. The maximum atomic E-state index is 2.47. The van der Waals surface area contributed by atoms with Crippen LogP contribution in [-0.2, 0) is 18.5 Å². The smallest absolute Gasteiger partial charge is 0.0725 e. The van der Waals surface area contributed by atoms with Crippen molar-refractivity contribution >= 4 is 0 Å². The van der Waals surface area contributed by atoms with Gasteiger partial charge >= 0.3 is 0 Å². The Morgan fingerprint density at radius 2 is 1.05 bits per heavy atom. The molecule has 0 amide bonds. The lowest BCUT2D eigenvalue weighted by molar-refractivity contribution is 0.402. The van der Waals surface area contributed by atoms with Crippen LogP contribution in [0.4, 0.5) is 0 Å². The summed E-state index contributed by atoms with van der Waals surface area (Å²) >= 11 is 0. The quantitative estimate of drug-likeness (QED) is 0.246. The molecule has 0 aromatic heterocycles. The molecule has 0 heterocycles. The van der Waals surface area contributed by atoms with Crippen LogP contribution in [-0.4, -0.2) is 38.0 Å².